The number of halogens is 1. The van der Waals surface area contributed by atoms with Crippen molar-refractivity contribution < 1.29 is 19.1 Å². The molecule has 0 amide bonds. The highest BCUT2D eigenvalue weighted by Gasteiger charge is 2.50. The molecular formula is C27H32ClN3O4Si. The normalized spacial score (nSPS) is 18.6. The first-order chi connectivity index (χ1) is 17.2. The van der Waals surface area contributed by atoms with Crippen LogP contribution in [-0.4, -0.2) is 54.7 Å². The predicted octanol–water partition coefficient (Wildman–Crippen LogP) is 4.36. The lowest BCUT2D eigenvalue weighted by Crippen LogP contribution is -2.67. The van der Waals surface area contributed by atoms with Gasteiger partial charge in [-0.2, -0.15) is 4.98 Å². The van der Waals surface area contributed by atoms with E-state index in [9.17, 15) is 9.90 Å². The zero-order valence-corrected chi connectivity index (χ0v) is 22.5. The number of rotatable bonds is 8. The summed E-state index contributed by atoms with van der Waals surface area (Å²) in [6.45, 7) is 7.67. The molecule has 0 aliphatic carbocycles. The summed E-state index contributed by atoms with van der Waals surface area (Å²) in [6.07, 6.45) is 2.72. The number of aromatic nitrogens is 2. The summed E-state index contributed by atoms with van der Waals surface area (Å²) in [6, 6.07) is 21.0. The average Bonchev–Trinajstić information content (AvgIpc) is 2.86. The Balaban J connectivity index is 1.48. The van der Waals surface area contributed by atoms with Crippen LogP contribution in [0.25, 0.3) is 0 Å². The Morgan fingerprint density at radius 3 is 2.22 bits per heavy atom. The van der Waals surface area contributed by atoms with Gasteiger partial charge in [0.25, 0.3) is 8.32 Å². The average molecular weight is 526 g/mol. The van der Waals surface area contributed by atoms with Gasteiger partial charge >= 0.3 is 5.97 Å². The van der Waals surface area contributed by atoms with E-state index in [1.165, 1.54) is 16.6 Å². The SMILES string of the molecule is CC(C)(C)[Si](OCC1CCC(Nc2nc(Cl)ncc2C(=O)O)CO1)(c1ccccc1)c1ccccc1. The van der Waals surface area contributed by atoms with Crippen LogP contribution in [0.3, 0.4) is 0 Å². The fourth-order valence-electron chi connectivity index (χ4n) is 4.85. The molecule has 2 atom stereocenters. The smallest absolute Gasteiger partial charge is 0.341 e. The Bertz CT molecular complexity index is 1130. The maximum atomic E-state index is 11.5. The first kappa shape index (κ1) is 26.3. The Morgan fingerprint density at radius 1 is 1.11 bits per heavy atom. The third-order valence-corrected chi connectivity index (χ3v) is 11.8. The van der Waals surface area contributed by atoms with E-state index in [-0.39, 0.29) is 33.8 Å². The van der Waals surface area contributed by atoms with Crippen LogP contribution in [0.4, 0.5) is 5.82 Å². The van der Waals surface area contributed by atoms with Crippen molar-refractivity contribution in [2.24, 2.45) is 0 Å². The summed E-state index contributed by atoms with van der Waals surface area (Å²) in [5.74, 6) is -0.902. The van der Waals surface area contributed by atoms with Crippen LogP contribution in [0.2, 0.25) is 10.3 Å². The van der Waals surface area contributed by atoms with Gasteiger partial charge in [0, 0.05) is 6.20 Å². The summed E-state index contributed by atoms with van der Waals surface area (Å²) < 4.78 is 13.2. The number of carboxylic acids is 1. The fourth-order valence-corrected chi connectivity index (χ4v) is 9.58. The van der Waals surface area contributed by atoms with Gasteiger partial charge < -0.3 is 19.6 Å². The van der Waals surface area contributed by atoms with Gasteiger partial charge in [0.15, 0.2) is 0 Å². The third kappa shape index (κ3) is 5.62. The van der Waals surface area contributed by atoms with Crippen molar-refractivity contribution >= 4 is 42.1 Å². The van der Waals surface area contributed by atoms with E-state index in [1.807, 2.05) is 12.1 Å². The first-order valence-corrected chi connectivity index (χ1v) is 14.4. The van der Waals surface area contributed by atoms with Crippen molar-refractivity contribution in [1.82, 2.24) is 9.97 Å². The number of nitrogens with one attached hydrogen (secondary N) is 1. The molecule has 3 aromatic rings. The molecule has 0 spiro atoms. The summed E-state index contributed by atoms with van der Waals surface area (Å²) in [5, 5.41) is 15.0. The molecular weight excluding hydrogens is 494 g/mol. The monoisotopic (exact) mass is 525 g/mol. The fraction of sp³-hybridized carbons (Fsp3) is 0.370. The highest BCUT2D eigenvalue weighted by molar-refractivity contribution is 6.99. The zero-order chi connectivity index (χ0) is 25.8. The number of carboxylic acid groups (broad SMARTS) is 1. The molecule has 1 aliphatic heterocycles. The molecule has 2 aromatic carbocycles. The number of hydrogen-bond acceptors (Lipinski definition) is 6. The number of aromatic carboxylic acids is 1. The van der Waals surface area contributed by atoms with E-state index < -0.39 is 14.3 Å². The molecule has 9 heteroatoms. The van der Waals surface area contributed by atoms with Crippen LogP contribution in [0.15, 0.2) is 66.9 Å². The Hall–Kier alpha value is -2.78. The number of benzene rings is 2. The molecule has 1 saturated heterocycles. The largest absolute Gasteiger partial charge is 0.477 e. The van der Waals surface area contributed by atoms with Crippen molar-refractivity contribution in [2.75, 3.05) is 18.5 Å². The number of nitrogens with zero attached hydrogens (tertiary/aromatic N) is 2. The quantitative estimate of drug-likeness (QED) is 0.333. The van der Waals surface area contributed by atoms with Crippen molar-refractivity contribution in [1.29, 1.82) is 0 Å². The third-order valence-electron chi connectivity index (χ3n) is 6.60. The van der Waals surface area contributed by atoms with E-state index in [2.05, 4.69) is 84.6 Å². The molecule has 2 heterocycles. The Kier molecular flexibility index (Phi) is 8.09. The first-order valence-electron chi connectivity index (χ1n) is 12.1. The van der Waals surface area contributed by atoms with Gasteiger partial charge in [-0.1, -0.05) is 81.4 Å². The lowest BCUT2D eigenvalue weighted by molar-refractivity contribution is -0.0185. The summed E-state index contributed by atoms with van der Waals surface area (Å²) >= 11 is 5.89. The highest BCUT2D eigenvalue weighted by Crippen LogP contribution is 2.37. The van der Waals surface area contributed by atoms with Gasteiger partial charge in [-0.05, 0) is 39.9 Å². The van der Waals surface area contributed by atoms with Crippen LogP contribution in [-0.2, 0) is 9.16 Å². The topological polar surface area (TPSA) is 93.6 Å². The van der Waals surface area contributed by atoms with Crippen molar-refractivity contribution in [3.05, 3.63) is 77.7 Å². The van der Waals surface area contributed by atoms with E-state index in [1.54, 1.807) is 0 Å². The molecule has 1 fully saturated rings. The van der Waals surface area contributed by atoms with Gasteiger partial charge in [-0.3, -0.25) is 0 Å². The van der Waals surface area contributed by atoms with Gasteiger partial charge in [0.2, 0.25) is 5.28 Å². The van der Waals surface area contributed by atoms with Crippen molar-refractivity contribution in [3.63, 3.8) is 0 Å². The second kappa shape index (κ2) is 11.1. The van der Waals surface area contributed by atoms with Gasteiger partial charge in [0.05, 0.1) is 25.4 Å². The lowest BCUT2D eigenvalue weighted by atomic mass is 10.1. The number of anilines is 1. The zero-order valence-electron chi connectivity index (χ0n) is 20.8. The summed E-state index contributed by atoms with van der Waals surface area (Å²) in [4.78, 5) is 19.3. The van der Waals surface area contributed by atoms with Crippen LogP contribution >= 0.6 is 11.6 Å². The van der Waals surface area contributed by atoms with Crippen LogP contribution < -0.4 is 15.7 Å². The Morgan fingerprint density at radius 2 is 1.72 bits per heavy atom. The van der Waals surface area contributed by atoms with E-state index in [0.29, 0.717) is 13.2 Å². The molecule has 1 aromatic heterocycles. The molecule has 0 radical (unpaired) electrons. The molecule has 4 rings (SSSR count). The molecule has 0 saturated carbocycles. The van der Waals surface area contributed by atoms with Crippen molar-refractivity contribution in [2.45, 2.75) is 50.8 Å². The summed E-state index contributed by atoms with van der Waals surface area (Å²) in [5.41, 5.74) is -0.0171. The second-order valence-electron chi connectivity index (χ2n) is 10.1. The lowest BCUT2D eigenvalue weighted by Gasteiger charge is -2.44. The van der Waals surface area contributed by atoms with E-state index in [0.717, 1.165) is 12.8 Å². The Labute approximate surface area is 218 Å². The minimum absolute atomic E-state index is 0.00388. The molecule has 2 unspecified atom stereocenters. The van der Waals surface area contributed by atoms with Gasteiger partial charge in [-0.25, -0.2) is 9.78 Å². The molecule has 36 heavy (non-hydrogen) atoms. The van der Waals surface area contributed by atoms with Crippen LogP contribution in [0.5, 0.6) is 0 Å². The maximum Gasteiger partial charge on any atom is 0.341 e. The van der Waals surface area contributed by atoms with Crippen LogP contribution in [0.1, 0.15) is 44.0 Å². The number of hydrogen-bond donors (Lipinski definition) is 2. The molecule has 0 bridgehead atoms. The number of ether oxygens (including phenoxy) is 1. The van der Waals surface area contributed by atoms with Gasteiger partial charge in [0.1, 0.15) is 11.4 Å². The van der Waals surface area contributed by atoms with E-state index >= 15 is 0 Å². The minimum Gasteiger partial charge on any atom is -0.477 e. The molecule has 7 nitrogen and oxygen atoms in total. The summed E-state index contributed by atoms with van der Waals surface area (Å²) in [7, 11) is -2.63. The van der Waals surface area contributed by atoms with Crippen LogP contribution in [0, 0.1) is 0 Å². The molecule has 1 aliphatic rings. The molecule has 2 N–H and O–H groups in total. The van der Waals surface area contributed by atoms with Crippen molar-refractivity contribution in [3.8, 4) is 0 Å². The van der Waals surface area contributed by atoms with Gasteiger partial charge in [-0.15, -0.1) is 0 Å². The number of carbonyl (C=O) groups is 1. The predicted molar refractivity (Wildman–Crippen MR) is 144 cm³/mol. The standard InChI is InChI=1S/C27H32ClN3O4Si/c1-27(2,3)36(21-10-6-4-7-11-21,22-12-8-5-9-13-22)35-18-20-15-14-19(17-34-20)30-24-23(25(32)33)16-29-26(28)31-24/h4-13,16,19-20H,14-15,17-18H2,1-3H3,(H,32,33)(H,29,30,31). The highest BCUT2D eigenvalue weighted by atomic mass is 35.5. The maximum absolute atomic E-state index is 11.5. The second-order valence-corrected chi connectivity index (χ2v) is 14.7. The minimum atomic E-state index is -2.63. The molecule has 190 valence electrons. The van der Waals surface area contributed by atoms with E-state index in [4.69, 9.17) is 20.8 Å².